The number of anilines is 1. The van der Waals surface area contributed by atoms with Gasteiger partial charge in [0.15, 0.2) is 0 Å². The molecule has 22 heavy (non-hydrogen) atoms. The average molecular weight is 300 g/mol. The van der Waals surface area contributed by atoms with Gasteiger partial charge in [0.25, 0.3) is 0 Å². The first kappa shape index (κ1) is 14.4. The number of fused-ring (bicyclic) bond motifs is 1. The van der Waals surface area contributed by atoms with E-state index in [1.807, 2.05) is 24.3 Å². The Hall–Kier alpha value is -2.50. The van der Waals surface area contributed by atoms with E-state index in [4.69, 9.17) is 10.5 Å². The third-order valence-electron chi connectivity index (χ3n) is 3.93. The third kappa shape index (κ3) is 2.77. The molecule has 1 aliphatic heterocycles. The average Bonchev–Trinajstić information content (AvgIpc) is 2.71. The van der Waals surface area contributed by atoms with Crippen molar-refractivity contribution in [3.8, 4) is 5.75 Å². The Labute approximate surface area is 129 Å². The molecule has 0 radical (unpaired) electrons. The SMILES string of the molecule is COc1cccc(Cc2nn(C(N)=O)c3c2CCCCN3)c1. The summed E-state index contributed by atoms with van der Waals surface area (Å²) in [4.78, 5) is 11.6. The molecule has 6 heteroatoms. The lowest BCUT2D eigenvalue weighted by Crippen LogP contribution is -2.23. The quantitative estimate of drug-likeness (QED) is 0.910. The van der Waals surface area contributed by atoms with E-state index in [1.54, 1.807) is 7.11 Å². The summed E-state index contributed by atoms with van der Waals surface area (Å²) < 4.78 is 6.54. The van der Waals surface area contributed by atoms with Crippen molar-refractivity contribution in [1.29, 1.82) is 0 Å². The summed E-state index contributed by atoms with van der Waals surface area (Å²) in [5.74, 6) is 1.57. The van der Waals surface area contributed by atoms with Crippen LogP contribution in [-0.2, 0) is 12.8 Å². The summed E-state index contributed by atoms with van der Waals surface area (Å²) in [5.41, 5.74) is 8.54. The third-order valence-corrected chi connectivity index (χ3v) is 3.93. The zero-order chi connectivity index (χ0) is 15.5. The first-order valence-corrected chi connectivity index (χ1v) is 7.46. The highest BCUT2D eigenvalue weighted by atomic mass is 16.5. The van der Waals surface area contributed by atoms with E-state index in [0.29, 0.717) is 6.42 Å². The smallest absolute Gasteiger partial charge is 0.341 e. The van der Waals surface area contributed by atoms with E-state index >= 15 is 0 Å². The lowest BCUT2D eigenvalue weighted by Gasteiger charge is -2.05. The molecule has 0 bridgehead atoms. The molecule has 116 valence electrons. The van der Waals surface area contributed by atoms with Crippen molar-refractivity contribution in [1.82, 2.24) is 9.78 Å². The Bertz CT molecular complexity index is 693. The van der Waals surface area contributed by atoms with Crippen molar-refractivity contribution >= 4 is 11.8 Å². The summed E-state index contributed by atoms with van der Waals surface area (Å²) in [5, 5.41) is 7.70. The zero-order valence-electron chi connectivity index (χ0n) is 12.6. The van der Waals surface area contributed by atoms with Crippen LogP contribution in [0.1, 0.15) is 29.7 Å². The number of methoxy groups -OCH3 is 1. The Morgan fingerprint density at radius 3 is 3.09 bits per heavy atom. The molecule has 2 aromatic rings. The van der Waals surface area contributed by atoms with Crippen molar-refractivity contribution in [3.63, 3.8) is 0 Å². The van der Waals surface area contributed by atoms with Crippen molar-refractivity contribution in [2.45, 2.75) is 25.7 Å². The van der Waals surface area contributed by atoms with E-state index in [1.165, 1.54) is 4.68 Å². The maximum Gasteiger partial charge on any atom is 0.341 e. The van der Waals surface area contributed by atoms with Crippen LogP contribution in [0.25, 0.3) is 0 Å². The minimum atomic E-state index is -0.553. The molecule has 1 amide bonds. The van der Waals surface area contributed by atoms with Crippen LogP contribution >= 0.6 is 0 Å². The number of nitrogens with one attached hydrogen (secondary N) is 1. The van der Waals surface area contributed by atoms with Gasteiger partial charge >= 0.3 is 6.03 Å². The van der Waals surface area contributed by atoms with Gasteiger partial charge in [-0.3, -0.25) is 0 Å². The highest BCUT2D eigenvalue weighted by molar-refractivity contribution is 5.79. The fourth-order valence-corrected chi connectivity index (χ4v) is 2.85. The number of benzene rings is 1. The number of primary amides is 1. The minimum absolute atomic E-state index is 0.553. The predicted molar refractivity (Wildman–Crippen MR) is 84.4 cm³/mol. The van der Waals surface area contributed by atoms with Gasteiger partial charge in [0.1, 0.15) is 11.6 Å². The molecule has 2 heterocycles. The molecule has 6 nitrogen and oxygen atoms in total. The Kier molecular flexibility index (Phi) is 4.00. The van der Waals surface area contributed by atoms with E-state index in [0.717, 1.165) is 54.2 Å². The van der Waals surface area contributed by atoms with Gasteiger partial charge in [-0.15, -0.1) is 0 Å². The Morgan fingerprint density at radius 1 is 1.45 bits per heavy atom. The second-order valence-electron chi connectivity index (χ2n) is 5.44. The number of nitrogens with zero attached hydrogens (tertiary/aromatic N) is 2. The molecule has 3 rings (SSSR count). The topological polar surface area (TPSA) is 82.2 Å². The second kappa shape index (κ2) is 6.09. The number of hydrogen-bond acceptors (Lipinski definition) is 4. The number of nitrogens with two attached hydrogens (primary N) is 1. The van der Waals surface area contributed by atoms with E-state index in [9.17, 15) is 4.79 Å². The summed E-state index contributed by atoms with van der Waals surface area (Å²) in [6.07, 6.45) is 3.72. The van der Waals surface area contributed by atoms with Gasteiger partial charge in [-0.2, -0.15) is 9.78 Å². The van der Waals surface area contributed by atoms with Crippen LogP contribution in [0.3, 0.4) is 0 Å². The van der Waals surface area contributed by atoms with Gasteiger partial charge in [-0.1, -0.05) is 12.1 Å². The largest absolute Gasteiger partial charge is 0.497 e. The number of amides is 1. The van der Waals surface area contributed by atoms with Crippen molar-refractivity contribution < 1.29 is 9.53 Å². The molecule has 1 aromatic heterocycles. The predicted octanol–water partition coefficient (Wildman–Crippen LogP) is 2.16. The van der Waals surface area contributed by atoms with Crippen LogP contribution < -0.4 is 15.8 Å². The van der Waals surface area contributed by atoms with Crippen LogP contribution in [0.15, 0.2) is 24.3 Å². The van der Waals surface area contributed by atoms with Crippen LogP contribution in [0.5, 0.6) is 5.75 Å². The number of ether oxygens (including phenoxy) is 1. The van der Waals surface area contributed by atoms with Crippen LogP contribution in [0.2, 0.25) is 0 Å². The summed E-state index contributed by atoms with van der Waals surface area (Å²) >= 11 is 0. The minimum Gasteiger partial charge on any atom is -0.497 e. The van der Waals surface area contributed by atoms with Gasteiger partial charge in [-0.05, 0) is 37.0 Å². The molecular weight excluding hydrogens is 280 g/mol. The molecule has 0 saturated heterocycles. The Balaban J connectivity index is 1.97. The first-order valence-electron chi connectivity index (χ1n) is 7.46. The van der Waals surface area contributed by atoms with Crippen LogP contribution in [0, 0.1) is 0 Å². The van der Waals surface area contributed by atoms with Gasteiger partial charge < -0.3 is 15.8 Å². The van der Waals surface area contributed by atoms with Crippen molar-refractivity contribution in [2.24, 2.45) is 5.73 Å². The van der Waals surface area contributed by atoms with Crippen molar-refractivity contribution in [2.75, 3.05) is 19.0 Å². The van der Waals surface area contributed by atoms with E-state index in [2.05, 4.69) is 10.4 Å². The first-order chi connectivity index (χ1) is 10.7. The standard InChI is InChI=1S/C16H20N4O2/c1-22-12-6-4-5-11(9-12)10-14-13-7-2-3-8-18-15(13)20(19-14)16(17)21/h4-6,9,18H,2-3,7-8,10H2,1H3,(H2,17,21). The lowest BCUT2D eigenvalue weighted by atomic mass is 10.0. The number of carbonyl (C=O) groups is 1. The fourth-order valence-electron chi connectivity index (χ4n) is 2.85. The maximum atomic E-state index is 11.6. The summed E-state index contributed by atoms with van der Waals surface area (Å²) in [6.45, 7) is 0.838. The highest BCUT2D eigenvalue weighted by Gasteiger charge is 2.22. The summed E-state index contributed by atoms with van der Waals surface area (Å²) in [6, 6.07) is 7.33. The fraction of sp³-hybridized carbons (Fsp3) is 0.375. The number of aromatic nitrogens is 2. The zero-order valence-corrected chi connectivity index (χ0v) is 12.6. The number of carbonyl (C=O) groups excluding carboxylic acids is 1. The van der Waals surface area contributed by atoms with Crippen molar-refractivity contribution in [3.05, 3.63) is 41.1 Å². The molecule has 0 atom stereocenters. The maximum absolute atomic E-state index is 11.6. The van der Waals surface area contributed by atoms with Gasteiger partial charge in [0, 0.05) is 18.5 Å². The monoisotopic (exact) mass is 300 g/mol. The van der Waals surface area contributed by atoms with Gasteiger partial charge in [0.2, 0.25) is 0 Å². The molecule has 0 fully saturated rings. The molecule has 1 aromatic carbocycles. The molecule has 0 spiro atoms. The molecule has 0 unspecified atom stereocenters. The molecule has 0 saturated carbocycles. The van der Waals surface area contributed by atoms with E-state index < -0.39 is 6.03 Å². The molecule has 0 aliphatic carbocycles. The van der Waals surface area contributed by atoms with Gasteiger partial charge in [-0.25, -0.2) is 4.79 Å². The summed E-state index contributed by atoms with van der Waals surface area (Å²) in [7, 11) is 1.65. The number of rotatable bonds is 3. The molecule has 1 aliphatic rings. The molecule has 3 N–H and O–H groups in total. The van der Waals surface area contributed by atoms with Crippen LogP contribution in [-0.4, -0.2) is 29.5 Å². The van der Waals surface area contributed by atoms with Crippen LogP contribution in [0.4, 0.5) is 10.6 Å². The van der Waals surface area contributed by atoms with Gasteiger partial charge in [0.05, 0.1) is 12.8 Å². The van der Waals surface area contributed by atoms with E-state index in [-0.39, 0.29) is 0 Å². The number of hydrogen-bond donors (Lipinski definition) is 2. The highest BCUT2D eigenvalue weighted by Crippen LogP contribution is 2.27. The second-order valence-corrected chi connectivity index (χ2v) is 5.44. The lowest BCUT2D eigenvalue weighted by molar-refractivity contribution is 0.248. The molecular formula is C16H20N4O2. The normalized spacial score (nSPS) is 13.9. The Morgan fingerprint density at radius 2 is 2.32 bits per heavy atom.